The molecule has 1 aliphatic heterocycles. The number of Topliss-reactive ketones (excluding diaryl/α,β-unsaturated/α-hetero) is 1. The van der Waals surface area contributed by atoms with Gasteiger partial charge in [0.25, 0.3) is 11.7 Å². The fraction of sp³-hybridized carbons (Fsp3) is 0.407. The summed E-state index contributed by atoms with van der Waals surface area (Å²) in [5.41, 5.74) is 3.76. The Hall–Kier alpha value is -3.28. The van der Waals surface area contributed by atoms with Crippen LogP contribution in [-0.2, 0) is 22.4 Å². The molecule has 6 nitrogen and oxygen atoms in total. The Morgan fingerprint density at radius 2 is 1.82 bits per heavy atom. The molecule has 6 heteroatoms. The number of aliphatic hydroxyl groups is 1. The fourth-order valence-electron chi connectivity index (χ4n) is 4.93. The summed E-state index contributed by atoms with van der Waals surface area (Å²) < 4.78 is 11.1. The van der Waals surface area contributed by atoms with Gasteiger partial charge in [-0.15, -0.1) is 0 Å². The number of rotatable bonds is 7. The third kappa shape index (κ3) is 4.10. The minimum atomic E-state index is -0.752. The fourth-order valence-corrected chi connectivity index (χ4v) is 4.93. The molecule has 1 N–H and O–H groups in total. The summed E-state index contributed by atoms with van der Waals surface area (Å²) in [4.78, 5) is 27.9. The molecule has 0 radical (unpaired) electrons. The van der Waals surface area contributed by atoms with Gasteiger partial charge in [-0.1, -0.05) is 37.6 Å². The number of hydrogen-bond acceptors (Lipinski definition) is 5. The summed E-state index contributed by atoms with van der Waals surface area (Å²) >= 11 is 0. The van der Waals surface area contributed by atoms with E-state index in [-0.39, 0.29) is 11.3 Å². The van der Waals surface area contributed by atoms with Crippen molar-refractivity contribution >= 4 is 17.4 Å². The van der Waals surface area contributed by atoms with Gasteiger partial charge in [0.1, 0.15) is 5.76 Å². The second-order valence-corrected chi connectivity index (χ2v) is 8.62. The summed E-state index contributed by atoms with van der Waals surface area (Å²) in [6, 6.07) is 10.5. The minimum absolute atomic E-state index is 0.0958. The van der Waals surface area contributed by atoms with Crippen molar-refractivity contribution in [1.29, 1.82) is 0 Å². The number of amides is 1. The van der Waals surface area contributed by atoms with Gasteiger partial charge in [-0.05, 0) is 55.4 Å². The Morgan fingerprint density at radius 3 is 2.52 bits per heavy atom. The molecule has 1 heterocycles. The van der Waals surface area contributed by atoms with Crippen LogP contribution in [0, 0.1) is 0 Å². The SMILES string of the molecule is CCCCN1C(=O)C(=O)/C(=C(/O)c2ccc3c(c2)CCCC3)C1c1cccc(OC)c1OC. The van der Waals surface area contributed by atoms with Crippen molar-refractivity contribution < 1.29 is 24.2 Å². The molecule has 1 saturated heterocycles. The minimum Gasteiger partial charge on any atom is -0.507 e. The molecule has 0 spiro atoms. The van der Waals surface area contributed by atoms with Gasteiger partial charge in [-0.25, -0.2) is 0 Å². The molecule has 4 rings (SSSR count). The molecule has 1 atom stereocenters. The Balaban J connectivity index is 1.90. The number of carbonyl (C=O) groups is 2. The van der Waals surface area contributed by atoms with Crippen molar-refractivity contribution in [2.24, 2.45) is 0 Å². The Kier molecular flexibility index (Phi) is 6.72. The molecule has 1 fully saturated rings. The van der Waals surface area contributed by atoms with Gasteiger partial charge in [0, 0.05) is 17.7 Å². The molecule has 0 aromatic heterocycles. The summed E-state index contributed by atoms with van der Waals surface area (Å²) in [5.74, 6) is -0.459. The van der Waals surface area contributed by atoms with E-state index in [4.69, 9.17) is 9.47 Å². The first kappa shape index (κ1) is 22.9. The van der Waals surface area contributed by atoms with Crippen LogP contribution in [0.2, 0.25) is 0 Å². The van der Waals surface area contributed by atoms with Crippen LogP contribution >= 0.6 is 0 Å². The van der Waals surface area contributed by atoms with Gasteiger partial charge in [0.05, 0.1) is 25.8 Å². The monoisotopic (exact) mass is 449 g/mol. The third-order valence-corrected chi connectivity index (χ3v) is 6.64. The number of fused-ring (bicyclic) bond motifs is 1. The molecule has 2 aromatic carbocycles. The summed E-state index contributed by atoms with van der Waals surface area (Å²) in [7, 11) is 3.08. The molecule has 2 aromatic rings. The number of ketones is 1. The van der Waals surface area contributed by atoms with E-state index >= 15 is 0 Å². The van der Waals surface area contributed by atoms with E-state index in [1.54, 1.807) is 24.1 Å². The Labute approximate surface area is 194 Å². The van der Waals surface area contributed by atoms with Gasteiger partial charge in [-0.2, -0.15) is 0 Å². The van der Waals surface area contributed by atoms with Gasteiger partial charge in [0.2, 0.25) is 0 Å². The van der Waals surface area contributed by atoms with Crippen LogP contribution in [0.4, 0.5) is 0 Å². The van der Waals surface area contributed by atoms with E-state index < -0.39 is 17.7 Å². The second kappa shape index (κ2) is 9.69. The van der Waals surface area contributed by atoms with Crippen molar-refractivity contribution in [3.63, 3.8) is 0 Å². The lowest BCUT2D eigenvalue weighted by atomic mass is 9.88. The summed E-state index contributed by atoms with van der Waals surface area (Å²) in [6.45, 7) is 2.44. The van der Waals surface area contributed by atoms with Crippen molar-refractivity contribution in [3.8, 4) is 11.5 Å². The number of ether oxygens (including phenoxy) is 2. The van der Waals surface area contributed by atoms with E-state index in [1.807, 2.05) is 31.2 Å². The van der Waals surface area contributed by atoms with E-state index in [1.165, 1.54) is 18.2 Å². The number of aliphatic hydroxyl groups excluding tert-OH is 1. The first-order valence-corrected chi connectivity index (χ1v) is 11.6. The number of benzene rings is 2. The van der Waals surface area contributed by atoms with Crippen LogP contribution in [0.1, 0.15) is 60.9 Å². The number of methoxy groups -OCH3 is 2. The summed E-state index contributed by atoms with van der Waals surface area (Å²) in [5, 5.41) is 11.4. The van der Waals surface area contributed by atoms with E-state index in [9.17, 15) is 14.7 Å². The molecule has 0 bridgehead atoms. The van der Waals surface area contributed by atoms with Crippen LogP contribution in [-0.4, -0.2) is 42.5 Å². The van der Waals surface area contributed by atoms with Crippen molar-refractivity contribution in [2.75, 3.05) is 20.8 Å². The number of likely N-dealkylation sites (tertiary alicyclic amines) is 1. The zero-order valence-corrected chi connectivity index (χ0v) is 19.5. The van der Waals surface area contributed by atoms with Gasteiger partial charge < -0.3 is 19.5 Å². The molecular formula is C27H31NO5. The average molecular weight is 450 g/mol. The lowest BCUT2D eigenvalue weighted by molar-refractivity contribution is -0.139. The van der Waals surface area contributed by atoms with Crippen molar-refractivity contribution in [1.82, 2.24) is 4.90 Å². The van der Waals surface area contributed by atoms with Crippen LogP contribution in [0.25, 0.3) is 5.76 Å². The van der Waals surface area contributed by atoms with Crippen molar-refractivity contribution in [2.45, 2.75) is 51.5 Å². The second-order valence-electron chi connectivity index (χ2n) is 8.62. The smallest absolute Gasteiger partial charge is 0.295 e. The number of para-hydroxylation sites is 1. The molecular weight excluding hydrogens is 418 g/mol. The summed E-state index contributed by atoms with van der Waals surface area (Å²) in [6.07, 6.45) is 5.87. The zero-order valence-electron chi connectivity index (χ0n) is 19.5. The van der Waals surface area contributed by atoms with Crippen molar-refractivity contribution in [3.05, 3.63) is 64.2 Å². The predicted molar refractivity (Wildman–Crippen MR) is 127 cm³/mol. The van der Waals surface area contributed by atoms with Gasteiger partial charge in [0.15, 0.2) is 11.5 Å². The van der Waals surface area contributed by atoms with Crippen LogP contribution in [0.5, 0.6) is 11.5 Å². The predicted octanol–water partition coefficient (Wildman–Crippen LogP) is 4.80. The third-order valence-electron chi connectivity index (χ3n) is 6.64. The number of hydrogen-bond donors (Lipinski definition) is 1. The van der Waals surface area contributed by atoms with Gasteiger partial charge in [-0.3, -0.25) is 9.59 Å². The number of nitrogens with zero attached hydrogens (tertiary/aromatic N) is 1. The van der Waals surface area contributed by atoms with Gasteiger partial charge >= 0.3 is 0 Å². The number of carbonyl (C=O) groups excluding carboxylic acids is 2. The largest absolute Gasteiger partial charge is 0.507 e. The molecule has 1 aliphatic carbocycles. The van der Waals surface area contributed by atoms with E-state index in [2.05, 4.69) is 0 Å². The van der Waals surface area contributed by atoms with E-state index in [0.29, 0.717) is 29.2 Å². The zero-order chi connectivity index (χ0) is 23.5. The maximum atomic E-state index is 13.2. The lowest BCUT2D eigenvalue weighted by Gasteiger charge is -2.27. The quantitative estimate of drug-likeness (QED) is 0.373. The highest BCUT2D eigenvalue weighted by Crippen LogP contribution is 2.45. The topological polar surface area (TPSA) is 76.1 Å². The lowest BCUT2D eigenvalue weighted by Crippen LogP contribution is -2.30. The molecule has 33 heavy (non-hydrogen) atoms. The molecule has 2 aliphatic rings. The van der Waals surface area contributed by atoms with E-state index in [0.717, 1.165) is 38.5 Å². The standard InChI is InChI=1S/C27H31NO5/c1-4-5-15-28-23(20-11-8-12-21(32-2)26(20)33-3)22(25(30)27(28)31)24(29)19-14-13-17-9-6-7-10-18(17)16-19/h8,11-14,16,23,29H,4-7,9-10,15H2,1-3H3/b24-22+. The molecule has 1 unspecified atom stereocenters. The maximum absolute atomic E-state index is 13.2. The van der Waals surface area contributed by atoms with Crippen LogP contribution in [0.15, 0.2) is 42.0 Å². The average Bonchev–Trinajstić information content (AvgIpc) is 3.10. The van der Waals surface area contributed by atoms with Crippen LogP contribution < -0.4 is 9.47 Å². The normalized spacial score (nSPS) is 19.5. The highest BCUT2D eigenvalue weighted by atomic mass is 16.5. The number of unbranched alkanes of at least 4 members (excludes halogenated alkanes) is 1. The Morgan fingerprint density at radius 1 is 1.06 bits per heavy atom. The highest BCUT2D eigenvalue weighted by molar-refractivity contribution is 6.46. The molecule has 0 saturated carbocycles. The first-order valence-electron chi connectivity index (χ1n) is 11.6. The molecule has 174 valence electrons. The maximum Gasteiger partial charge on any atom is 0.295 e. The first-order chi connectivity index (χ1) is 16.0. The van der Waals surface area contributed by atoms with Crippen LogP contribution in [0.3, 0.4) is 0 Å². The Bertz CT molecular complexity index is 1100. The number of aryl methyl sites for hydroxylation is 2. The molecule has 1 amide bonds. The highest BCUT2D eigenvalue weighted by Gasteiger charge is 2.47.